The molecule has 0 aromatic carbocycles. The van der Waals surface area contributed by atoms with Crippen LogP contribution in [0.4, 0.5) is 0 Å². The van der Waals surface area contributed by atoms with E-state index < -0.39 is 0 Å². The van der Waals surface area contributed by atoms with Crippen molar-refractivity contribution < 1.29 is 0 Å². The number of aromatic nitrogens is 2. The van der Waals surface area contributed by atoms with Crippen LogP contribution in [0.15, 0.2) is 24.5 Å². The van der Waals surface area contributed by atoms with Gasteiger partial charge < -0.3 is 10.3 Å². The molecular formula is C13H15N3S. The van der Waals surface area contributed by atoms with E-state index in [1.807, 2.05) is 18.5 Å². The Balaban J connectivity index is 2.11. The van der Waals surface area contributed by atoms with Crippen LogP contribution >= 0.6 is 11.3 Å². The summed E-state index contributed by atoms with van der Waals surface area (Å²) in [5, 5.41) is 0. The molecule has 2 heterocycles. The Kier molecular flexibility index (Phi) is 3.97. The van der Waals surface area contributed by atoms with E-state index in [1.165, 1.54) is 4.88 Å². The lowest BCUT2D eigenvalue weighted by Gasteiger charge is -2.03. The molecule has 3 nitrogen and oxygen atoms in total. The zero-order valence-electron chi connectivity index (χ0n) is 9.81. The number of hydrogen-bond donors (Lipinski definition) is 1. The third kappa shape index (κ3) is 2.96. The minimum absolute atomic E-state index is 0.411. The number of hydrogen-bond acceptors (Lipinski definition) is 3. The van der Waals surface area contributed by atoms with E-state index in [9.17, 15) is 0 Å². The van der Waals surface area contributed by atoms with E-state index in [0.717, 1.165) is 23.7 Å². The largest absolute Gasteiger partial charge is 0.330 e. The predicted molar refractivity (Wildman–Crippen MR) is 71.0 cm³/mol. The van der Waals surface area contributed by atoms with Gasteiger partial charge in [-0.3, -0.25) is 0 Å². The monoisotopic (exact) mass is 245 g/mol. The van der Waals surface area contributed by atoms with Crippen LogP contribution in [-0.2, 0) is 13.0 Å². The molecule has 0 unspecified atom stereocenters. The molecule has 17 heavy (non-hydrogen) atoms. The third-order valence-electron chi connectivity index (χ3n) is 2.42. The zero-order valence-corrected chi connectivity index (χ0v) is 10.6. The molecule has 0 bridgehead atoms. The smallest absolute Gasteiger partial charge is 0.108 e. The van der Waals surface area contributed by atoms with Crippen molar-refractivity contribution in [2.75, 3.05) is 6.54 Å². The molecule has 0 radical (unpaired) electrons. The summed E-state index contributed by atoms with van der Waals surface area (Å²) < 4.78 is 2.17. The van der Waals surface area contributed by atoms with Gasteiger partial charge >= 0.3 is 0 Å². The SMILES string of the molecule is CCc1nccn1Cc1ccc(C#CCN)s1. The van der Waals surface area contributed by atoms with Crippen LogP contribution in [0.3, 0.4) is 0 Å². The maximum Gasteiger partial charge on any atom is 0.108 e. The minimum atomic E-state index is 0.411. The van der Waals surface area contributed by atoms with Crippen molar-refractivity contribution in [2.45, 2.75) is 19.9 Å². The topological polar surface area (TPSA) is 43.8 Å². The van der Waals surface area contributed by atoms with Crippen molar-refractivity contribution in [3.05, 3.63) is 40.1 Å². The van der Waals surface area contributed by atoms with Crippen LogP contribution < -0.4 is 5.73 Å². The Labute approximate surface area is 105 Å². The van der Waals surface area contributed by atoms with E-state index in [2.05, 4.69) is 34.4 Å². The van der Waals surface area contributed by atoms with Gasteiger partial charge in [-0.25, -0.2) is 4.98 Å². The minimum Gasteiger partial charge on any atom is -0.330 e. The molecule has 2 N–H and O–H groups in total. The molecule has 4 heteroatoms. The summed E-state index contributed by atoms with van der Waals surface area (Å²) in [5.74, 6) is 7.04. The van der Waals surface area contributed by atoms with Gasteiger partial charge in [-0.05, 0) is 12.1 Å². The molecule has 0 aliphatic heterocycles. The van der Waals surface area contributed by atoms with Crippen molar-refractivity contribution in [3.8, 4) is 11.8 Å². The number of nitrogens with zero attached hydrogens (tertiary/aromatic N) is 2. The first-order valence-corrected chi connectivity index (χ1v) is 6.42. The summed E-state index contributed by atoms with van der Waals surface area (Å²) in [5.41, 5.74) is 5.35. The van der Waals surface area contributed by atoms with Gasteiger partial charge in [-0.2, -0.15) is 0 Å². The van der Waals surface area contributed by atoms with Gasteiger partial charge in [0.05, 0.1) is 18.0 Å². The van der Waals surface area contributed by atoms with Crippen LogP contribution in [0.1, 0.15) is 22.5 Å². The Morgan fingerprint density at radius 1 is 1.47 bits per heavy atom. The molecule has 2 aromatic heterocycles. The lowest BCUT2D eigenvalue weighted by atomic mass is 10.4. The van der Waals surface area contributed by atoms with Crippen LogP contribution in [0.25, 0.3) is 0 Å². The number of aryl methyl sites for hydroxylation is 1. The van der Waals surface area contributed by atoms with Gasteiger partial charge in [0.25, 0.3) is 0 Å². The highest BCUT2D eigenvalue weighted by atomic mass is 32.1. The molecule has 2 aromatic rings. The van der Waals surface area contributed by atoms with Gasteiger partial charge in [0.15, 0.2) is 0 Å². The molecule has 0 spiro atoms. The Bertz CT molecular complexity index is 542. The summed E-state index contributed by atoms with van der Waals surface area (Å²) in [7, 11) is 0. The quantitative estimate of drug-likeness (QED) is 0.839. The maximum atomic E-state index is 5.35. The van der Waals surface area contributed by atoms with Gasteiger partial charge in [0.1, 0.15) is 5.82 Å². The first-order chi connectivity index (χ1) is 8.33. The van der Waals surface area contributed by atoms with Crippen molar-refractivity contribution in [1.29, 1.82) is 0 Å². The average Bonchev–Trinajstić information content (AvgIpc) is 2.96. The fourth-order valence-electron chi connectivity index (χ4n) is 1.63. The molecule has 0 aliphatic rings. The molecule has 0 amide bonds. The zero-order chi connectivity index (χ0) is 12.1. The first kappa shape index (κ1) is 11.9. The summed E-state index contributed by atoms with van der Waals surface area (Å²) in [4.78, 5) is 6.67. The molecule has 2 rings (SSSR count). The lowest BCUT2D eigenvalue weighted by molar-refractivity contribution is 0.740. The molecule has 0 atom stereocenters. The number of rotatable bonds is 3. The van der Waals surface area contributed by atoms with Crippen molar-refractivity contribution in [1.82, 2.24) is 9.55 Å². The number of thiophene rings is 1. The molecule has 0 saturated carbocycles. The van der Waals surface area contributed by atoms with Gasteiger partial charge in [0, 0.05) is 23.7 Å². The van der Waals surface area contributed by atoms with E-state index >= 15 is 0 Å². The van der Waals surface area contributed by atoms with Crippen molar-refractivity contribution in [3.63, 3.8) is 0 Å². The second kappa shape index (κ2) is 5.67. The molecule has 88 valence electrons. The Morgan fingerprint density at radius 3 is 3.12 bits per heavy atom. The number of imidazole rings is 1. The maximum absolute atomic E-state index is 5.35. The lowest BCUT2D eigenvalue weighted by Crippen LogP contribution is -2.01. The van der Waals surface area contributed by atoms with Gasteiger partial charge in [0.2, 0.25) is 0 Å². The van der Waals surface area contributed by atoms with Gasteiger partial charge in [-0.15, -0.1) is 11.3 Å². The van der Waals surface area contributed by atoms with Gasteiger partial charge in [-0.1, -0.05) is 18.8 Å². The summed E-state index contributed by atoms with van der Waals surface area (Å²) in [6, 6.07) is 4.16. The van der Waals surface area contributed by atoms with Crippen LogP contribution in [0.2, 0.25) is 0 Å². The highest BCUT2D eigenvalue weighted by Gasteiger charge is 2.03. The molecule has 0 aliphatic carbocycles. The predicted octanol–water partition coefficient (Wildman–Crippen LogP) is 1.87. The second-order valence-electron chi connectivity index (χ2n) is 3.60. The molecule has 0 fully saturated rings. The highest BCUT2D eigenvalue weighted by Crippen LogP contribution is 2.17. The average molecular weight is 245 g/mol. The third-order valence-corrected chi connectivity index (χ3v) is 3.40. The Morgan fingerprint density at radius 2 is 2.35 bits per heavy atom. The number of nitrogens with two attached hydrogens (primary N) is 1. The van der Waals surface area contributed by atoms with E-state index in [-0.39, 0.29) is 0 Å². The summed E-state index contributed by atoms with van der Waals surface area (Å²) in [6.07, 6.45) is 4.82. The van der Waals surface area contributed by atoms with Crippen LogP contribution in [-0.4, -0.2) is 16.1 Å². The van der Waals surface area contributed by atoms with E-state index in [4.69, 9.17) is 5.73 Å². The Hall–Kier alpha value is -1.57. The highest BCUT2D eigenvalue weighted by molar-refractivity contribution is 7.12. The molecular weight excluding hydrogens is 230 g/mol. The second-order valence-corrected chi connectivity index (χ2v) is 4.77. The summed E-state index contributed by atoms with van der Waals surface area (Å²) >= 11 is 1.71. The van der Waals surface area contributed by atoms with Crippen LogP contribution in [0, 0.1) is 11.8 Å². The van der Waals surface area contributed by atoms with E-state index in [1.54, 1.807) is 11.3 Å². The van der Waals surface area contributed by atoms with Crippen LogP contribution in [0.5, 0.6) is 0 Å². The summed E-state index contributed by atoms with van der Waals surface area (Å²) in [6.45, 7) is 3.40. The first-order valence-electron chi connectivity index (χ1n) is 5.61. The van der Waals surface area contributed by atoms with E-state index in [0.29, 0.717) is 6.54 Å². The normalized spacial score (nSPS) is 10.0. The van der Waals surface area contributed by atoms with Crippen molar-refractivity contribution >= 4 is 11.3 Å². The fourth-order valence-corrected chi connectivity index (χ4v) is 2.52. The van der Waals surface area contributed by atoms with Crippen molar-refractivity contribution in [2.24, 2.45) is 5.73 Å². The molecule has 0 saturated heterocycles. The fraction of sp³-hybridized carbons (Fsp3) is 0.308. The standard InChI is InChI=1S/C13H15N3S/c1-2-13-15-8-9-16(13)10-12-6-5-11(17-12)4-3-7-14/h5-6,8-9H,2,7,10,14H2,1H3.